The number of nitrogens with zero attached hydrogens (tertiary/aromatic N) is 2. The van der Waals surface area contributed by atoms with E-state index in [1.165, 1.54) is 19.3 Å². The SMILES string of the molecule is Cc1cc(NC(=O)CN(CC2CCCCC2)C(=O)c2ccccc2C)no1. The Morgan fingerprint density at radius 1 is 1.19 bits per heavy atom. The first-order chi connectivity index (χ1) is 13.0. The van der Waals surface area contributed by atoms with Crippen LogP contribution >= 0.6 is 0 Å². The molecule has 0 atom stereocenters. The van der Waals surface area contributed by atoms with E-state index < -0.39 is 0 Å². The largest absolute Gasteiger partial charge is 0.360 e. The topological polar surface area (TPSA) is 75.4 Å². The van der Waals surface area contributed by atoms with Gasteiger partial charge in [-0.15, -0.1) is 0 Å². The molecule has 1 aromatic carbocycles. The van der Waals surface area contributed by atoms with Gasteiger partial charge in [0.15, 0.2) is 5.82 Å². The number of aromatic nitrogens is 1. The number of rotatable bonds is 6. The molecule has 27 heavy (non-hydrogen) atoms. The number of nitrogens with one attached hydrogen (secondary N) is 1. The third-order valence-electron chi connectivity index (χ3n) is 5.10. The molecule has 0 bridgehead atoms. The van der Waals surface area contributed by atoms with Crippen LogP contribution in [0.1, 0.15) is 53.8 Å². The normalized spacial score (nSPS) is 14.7. The van der Waals surface area contributed by atoms with Crippen LogP contribution in [0.2, 0.25) is 0 Å². The molecule has 0 saturated heterocycles. The van der Waals surface area contributed by atoms with Crippen molar-refractivity contribution in [3.8, 4) is 0 Å². The number of carbonyl (C=O) groups is 2. The highest BCUT2D eigenvalue weighted by molar-refractivity contribution is 5.99. The van der Waals surface area contributed by atoms with Crippen molar-refractivity contribution in [1.82, 2.24) is 10.1 Å². The fraction of sp³-hybridized carbons (Fsp3) is 0.476. The van der Waals surface area contributed by atoms with Crippen molar-refractivity contribution in [3.63, 3.8) is 0 Å². The molecule has 2 amide bonds. The number of aryl methyl sites for hydroxylation is 2. The van der Waals surface area contributed by atoms with E-state index in [-0.39, 0.29) is 18.4 Å². The van der Waals surface area contributed by atoms with Gasteiger partial charge in [-0.25, -0.2) is 0 Å². The third-order valence-corrected chi connectivity index (χ3v) is 5.10. The van der Waals surface area contributed by atoms with E-state index >= 15 is 0 Å². The summed E-state index contributed by atoms with van der Waals surface area (Å²) in [5, 5.41) is 6.50. The van der Waals surface area contributed by atoms with Gasteiger partial charge in [0.25, 0.3) is 5.91 Å². The van der Waals surface area contributed by atoms with E-state index in [2.05, 4.69) is 10.5 Å². The number of carbonyl (C=O) groups excluding carboxylic acids is 2. The molecular formula is C21H27N3O3. The Labute approximate surface area is 159 Å². The first kappa shape index (κ1) is 19.1. The van der Waals surface area contributed by atoms with Crippen LogP contribution in [0.15, 0.2) is 34.9 Å². The molecule has 1 heterocycles. The van der Waals surface area contributed by atoms with Crippen molar-refractivity contribution in [2.75, 3.05) is 18.4 Å². The van der Waals surface area contributed by atoms with Crippen LogP contribution in [0.25, 0.3) is 0 Å². The van der Waals surface area contributed by atoms with Crippen LogP contribution in [0.5, 0.6) is 0 Å². The molecule has 1 aliphatic rings. The minimum Gasteiger partial charge on any atom is -0.360 e. The number of benzene rings is 1. The Morgan fingerprint density at radius 3 is 2.59 bits per heavy atom. The lowest BCUT2D eigenvalue weighted by Crippen LogP contribution is -2.41. The van der Waals surface area contributed by atoms with Crippen molar-refractivity contribution in [3.05, 3.63) is 47.2 Å². The predicted molar refractivity (Wildman–Crippen MR) is 104 cm³/mol. The van der Waals surface area contributed by atoms with Gasteiger partial charge in [0.1, 0.15) is 12.3 Å². The molecule has 0 aliphatic heterocycles. The van der Waals surface area contributed by atoms with Gasteiger partial charge in [0, 0.05) is 18.2 Å². The van der Waals surface area contributed by atoms with Gasteiger partial charge in [-0.1, -0.05) is 42.6 Å². The van der Waals surface area contributed by atoms with Crippen LogP contribution in [0.3, 0.4) is 0 Å². The summed E-state index contributed by atoms with van der Waals surface area (Å²) in [6.45, 7) is 4.30. The van der Waals surface area contributed by atoms with Gasteiger partial charge in [0.2, 0.25) is 5.91 Å². The van der Waals surface area contributed by atoms with Gasteiger partial charge in [-0.3, -0.25) is 9.59 Å². The van der Waals surface area contributed by atoms with E-state index in [1.807, 2.05) is 31.2 Å². The van der Waals surface area contributed by atoms with Gasteiger partial charge in [-0.05, 0) is 44.2 Å². The number of hydrogen-bond acceptors (Lipinski definition) is 4. The second-order valence-corrected chi connectivity index (χ2v) is 7.38. The predicted octanol–water partition coefficient (Wildman–Crippen LogP) is 3.95. The Kier molecular flexibility index (Phi) is 6.27. The average molecular weight is 369 g/mol. The minimum absolute atomic E-state index is 0.00950. The number of hydrogen-bond donors (Lipinski definition) is 1. The second kappa shape index (κ2) is 8.84. The van der Waals surface area contributed by atoms with Crippen molar-refractivity contribution in [2.45, 2.75) is 46.0 Å². The summed E-state index contributed by atoms with van der Waals surface area (Å²) < 4.78 is 4.98. The molecule has 1 N–H and O–H groups in total. The van der Waals surface area contributed by atoms with Gasteiger partial charge in [0.05, 0.1) is 0 Å². The summed E-state index contributed by atoms with van der Waals surface area (Å²) in [6, 6.07) is 9.18. The van der Waals surface area contributed by atoms with Crippen LogP contribution in [-0.2, 0) is 4.79 Å². The van der Waals surface area contributed by atoms with Gasteiger partial charge < -0.3 is 14.7 Å². The quantitative estimate of drug-likeness (QED) is 0.836. The average Bonchev–Trinajstić information content (AvgIpc) is 3.06. The fourth-order valence-corrected chi connectivity index (χ4v) is 3.66. The van der Waals surface area contributed by atoms with Gasteiger partial charge in [-0.2, -0.15) is 0 Å². The summed E-state index contributed by atoms with van der Waals surface area (Å²) in [7, 11) is 0. The molecular weight excluding hydrogens is 342 g/mol. The summed E-state index contributed by atoms with van der Waals surface area (Å²) in [6.07, 6.45) is 5.88. The lowest BCUT2D eigenvalue weighted by molar-refractivity contribution is -0.117. The zero-order valence-electron chi connectivity index (χ0n) is 16.0. The highest BCUT2D eigenvalue weighted by atomic mass is 16.5. The Bertz CT molecular complexity index is 793. The second-order valence-electron chi connectivity index (χ2n) is 7.38. The maximum Gasteiger partial charge on any atom is 0.254 e. The molecule has 6 heteroatoms. The van der Waals surface area contributed by atoms with Gasteiger partial charge >= 0.3 is 0 Å². The number of anilines is 1. The zero-order valence-corrected chi connectivity index (χ0v) is 16.0. The molecule has 2 aromatic rings. The van der Waals surface area contributed by atoms with E-state index in [0.717, 1.165) is 18.4 Å². The van der Waals surface area contributed by atoms with Crippen LogP contribution in [0, 0.1) is 19.8 Å². The Morgan fingerprint density at radius 2 is 1.93 bits per heavy atom. The van der Waals surface area contributed by atoms with E-state index in [1.54, 1.807) is 17.9 Å². The first-order valence-electron chi connectivity index (χ1n) is 9.61. The zero-order chi connectivity index (χ0) is 19.2. The minimum atomic E-state index is -0.263. The fourth-order valence-electron chi connectivity index (χ4n) is 3.66. The lowest BCUT2D eigenvalue weighted by Gasteiger charge is -2.29. The number of amides is 2. The lowest BCUT2D eigenvalue weighted by atomic mass is 9.88. The summed E-state index contributed by atoms with van der Waals surface area (Å²) >= 11 is 0. The Balaban J connectivity index is 1.73. The summed E-state index contributed by atoms with van der Waals surface area (Å²) in [4.78, 5) is 27.3. The maximum absolute atomic E-state index is 13.1. The molecule has 1 saturated carbocycles. The van der Waals surface area contributed by atoms with E-state index in [9.17, 15) is 9.59 Å². The summed E-state index contributed by atoms with van der Waals surface area (Å²) in [5.41, 5.74) is 1.57. The monoisotopic (exact) mass is 369 g/mol. The third kappa shape index (κ3) is 5.18. The molecule has 144 valence electrons. The van der Waals surface area contributed by atoms with Crippen LogP contribution < -0.4 is 5.32 Å². The molecule has 0 spiro atoms. The van der Waals surface area contributed by atoms with E-state index in [4.69, 9.17) is 4.52 Å². The van der Waals surface area contributed by atoms with Crippen molar-refractivity contribution in [2.24, 2.45) is 5.92 Å². The van der Waals surface area contributed by atoms with E-state index in [0.29, 0.717) is 29.6 Å². The Hall–Kier alpha value is -2.63. The molecule has 1 fully saturated rings. The van der Waals surface area contributed by atoms with Crippen LogP contribution in [-0.4, -0.2) is 35.0 Å². The standard InChI is InChI=1S/C21H27N3O3/c1-15-8-6-7-11-18(15)21(26)24(13-17-9-4-3-5-10-17)14-20(25)22-19-12-16(2)27-23-19/h6-8,11-12,17H,3-5,9-10,13-14H2,1-2H3,(H,22,23,25). The van der Waals surface area contributed by atoms with Crippen molar-refractivity contribution < 1.29 is 14.1 Å². The molecule has 1 aliphatic carbocycles. The molecule has 6 nitrogen and oxygen atoms in total. The highest BCUT2D eigenvalue weighted by Crippen LogP contribution is 2.25. The molecule has 0 unspecified atom stereocenters. The smallest absolute Gasteiger partial charge is 0.254 e. The van der Waals surface area contributed by atoms with Crippen molar-refractivity contribution >= 4 is 17.6 Å². The first-order valence-corrected chi connectivity index (χ1v) is 9.61. The molecule has 0 radical (unpaired) electrons. The molecule has 1 aromatic heterocycles. The van der Waals surface area contributed by atoms with Crippen LogP contribution in [0.4, 0.5) is 5.82 Å². The molecule has 3 rings (SSSR count). The summed E-state index contributed by atoms with van der Waals surface area (Å²) in [5.74, 6) is 1.10. The maximum atomic E-state index is 13.1. The van der Waals surface area contributed by atoms with Crippen molar-refractivity contribution in [1.29, 1.82) is 0 Å². The highest BCUT2D eigenvalue weighted by Gasteiger charge is 2.25.